The Hall–Kier alpha value is -3.02. The molecule has 120 valence electrons. The zero-order valence-electron chi connectivity index (χ0n) is 12.7. The van der Waals surface area contributed by atoms with Crippen LogP contribution in [0.25, 0.3) is 0 Å². The van der Waals surface area contributed by atoms with Crippen molar-refractivity contribution in [3.05, 3.63) is 53.6 Å². The Balaban J connectivity index is 2.11. The molecule has 1 amide bonds. The van der Waals surface area contributed by atoms with Crippen LogP contribution < -0.4 is 10.1 Å². The average molecular weight is 315 g/mol. The Morgan fingerprint density at radius 2 is 1.91 bits per heavy atom. The van der Waals surface area contributed by atoms with Crippen molar-refractivity contribution in [2.24, 2.45) is 0 Å². The fraction of sp³-hybridized carbons (Fsp3) is 0.176. The number of carboxylic acids is 1. The van der Waals surface area contributed by atoms with Gasteiger partial charge in [-0.15, -0.1) is 0 Å². The molecule has 0 aliphatic rings. The SMILES string of the molecule is Cc1cccc(OC(C)C(=O)Nc2ccc(O)cc2C(=O)O)c1. The zero-order valence-corrected chi connectivity index (χ0v) is 12.7. The van der Waals surface area contributed by atoms with Gasteiger partial charge in [0.05, 0.1) is 11.3 Å². The average Bonchev–Trinajstić information content (AvgIpc) is 2.48. The molecule has 0 fully saturated rings. The molecule has 6 nitrogen and oxygen atoms in total. The van der Waals surface area contributed by atoms with E-state index in [1.807, 2.05) is 19.1 Å². The van der Waals surface area contributed by atoms with E-state index in [1.54, 1.807) is 19.1 Å². The highest BCUT2D eigenvalue weighted by Gasteiger charge is 2.18. The van der Waals surface area contributed by atoms with Gasteiger partial charge in [0.15, 0.2) is 6.10 Å². The normalized spacial score (nSPS) is 11.6. The maximum atomic E-state index is 12.2. The van der Waals surface area contributed by atoms with Crippen LogP contribution in [0.2, 0.25) is 0 Å². The molecule has 0 saturated heterocycles. The first-order valence-corrected chi connectivity index (χ1v) is 6.97. The van der Waals surface area contributed by atoms with E-state index in [4.69, 9.17) is 9.84 Å². The number of carbonyl (C=O) groups excluding carboxylic acids is 1. The third-order valence-corrected chi connectivity index (χ3v) is 3.16. The summed E-state index contributed by atoms with van der Waals surface area (Å²) in [6, 6.07) is 11.0. The van der Waals surface area contributed by atoms with E-state index in [-0.39, 0.29) is 17.0 Å². The van der Waals surface area contributed by atoms with Gasteiger partial charge in [0.25, 0.3) is 5.91 Å². The van der Waals surface area contributed by atoms with Crippen molar-refractivity contribution >= 4 is 17.6 Å². The Kier molecular flexibility index (Phi) is 4.85. The summed E-state index contributed by atoms with van der Waals surface area (Å²) in [4.78, 5) is 23.3. The number of hydrogen-bond acceptors (Lipinski definition) is 4. The second kappa shape index (κ2) is 6.83. The predicted octanol–water partition coefficient (Wildman–Crippen LogP) is 2.80. The molecule has 0 spiro atoms. The molecule has 2 aromatic rings. The number of carboxylic acid groups (broad SMARTS) is 1. The number of aromatic carboxylic acids is 1. The number of anilines is 1. The van der Waals surface area contributed by atoms with E-state index < -0.39 is 18.0 Å². The van der Waals surface area contributed by atoms with Crippen molar-refractivity contribution < 1.29 is 24.5 Å². The molecule has 1 atom stereocenters. The molecule has 2 aromatic carbocycles. The lowest BCUT2D eigenvalue weighted by Crippen LogP contribution is -2.30. The van der Waals surface area contributed by atoms with E-state index in [1.165, 1.54) is 12.1 Å². The van der Waals surface area contributed by atoms with Gasteiger partial charge < -0.3 is 20.3 Å². The molecule has 0 radical (unpaired) electrons. The second-order valence-electron chi connectivity index (χ2n) is 5.10. The summed E-state index contributed by atoms with van der Waals surface area (Å²) < 4.78 is 5.54. The third kappa shape index (κ3) is 4.23. The fourth-order valence-electron chi connectivity index (χ4n) is 2.00. The van der Waals surface area contributed by atoms with Crippen LogP contribution in [-0.2, 0) is 4.79 Å². The number of amides is 1. The minimum Gasteiger partial charge on any atom is -0.508 e. The summed E-state index contributed by atoms with van der Waals surface area (Å²) in [5, 5.41) is 21.0. The first kappa shape index (κ1) is 16.4. The first-order valence-electron chi connectivity index (χ1n) is 6.97. The molecule has 3 N–H and O–H groups in total. The zero-order chi connectivity index (χ0) is 17.0. The molecule has 0 bridgehead atoms. The number of rotatable bonds is 5. The predicted molar refractivity (Wildman–Crippen MR) is 85.0 cm³/mol. The van der Waals surface area contributed by atoms with Crippen LogP contribution in [0.1, 0.15) is 22.8 Å². The molecule has 1 unspecified atom stereocenters. The molecule has 0 aromatic heterocycles. The summed E-state index contributed by atoms with van der Waals surface area (Å²) in [7, 11) is 0. The van der Waals surface area contributed by atoms with Crippen molar-refractivity contribution in [1.82, 2.24) is 0 Å². The van der Waals surface area contributed by atoms with Crippen molar-refractivity contribution in [3.8, 4) is 11.5 Å². The largest absolute Gasteiger partial charge is 0.508 e. The van der Waals surface area contributed by atoms with Gasteiger partial charge in [0, 0.05) is 0 Å². The molecule has 0 aliphatic carbocycles. The van der Waals surface area contributed by atoms with Gasteiger partial charge in [0.2, 0.25) is 0 Å². The monoisotopic (exact) mass is 315 g/mol. The van der Waals surface area contributed by atoms with Crippen molar-refractivity contribution in [3.63, 3.8) is 0 Å². The van der Waals surface area contributed by atoms with Crippen molar-refractivity contribution in [2.75, 3.05) is 5.32 Å². The van der Waals surface area contributed by atoms with Crippen LogP contribution in [-0.4, -0.2) is 28.2 Å². The first-order chi connectivity index (χ1) is 10.9. The van der Waals surface area contributed by atoms with E-state index in [0.29, 0.717) is 5.75 Å². The maximum absolute atomic E-state index is 12.2. The number of aryl methyl sites for hydroxylation is 1. The molecule has 0 heterocycles. The van der Waals surface area contributed by atoms with Crippen molar-refractivity contribution in [2.45, 2.75) is 20.0 Å². The standard InChI is InChI=1S/C17H17NO5/c1-10-4-3-5-13(8-10)23-11(2)16(20)18-15-7-6-12(19)9-14(15)17(21)22/h3-9,11,19H,1-2H3,(H,18,20)(H,21,22). The number of phenols is 1. The van der Waals surface area contributed by atoms with Crippen LogP contribution in [0.4, 0.5) is 5.69 Å². The van der Waals surface area contributed by atoms with Crippen LogP contribution >= 0.6 is 0 Å². The van der Waals surface area contributed by atoms with Crippen LogP contribution in [0.15, 0.2) is 42.5 Å². The number of ether oxygens (including phenoxy) is 1. The van der Waals surface area contributed by atoms with E-state index >= 15 is 0 Å². The number of carbonyl (C=O) groups is 2. The van der Waals surface area contributed by atoms with Crippen LogP contribution in [0.5, 0.6) is 11.5 Å². The highest BCUT2D eigenvalue weighted by molar-refractivity contribution is 6.02. The Morgan fingerprint density at radius 3 is 2.57 bits per heavy atom. The van der Waals surface area contributed by atoms with Crippen LogP contribution in [0.3, 0.4) is 0 Å². The van der Waals surface area contributed by atoms with Gasteiger partial charge in [-0.1, -0.05) is 12.1 Å². The molecule has 2 rings (SSSR count). The number of phenolic OH excluding ortho intramolecular Hbond substituents is 1. The van der Waals surface area contributed by atoms with Gasteiger partial charge in [0.1, 0.15) is 11.5 Å². The van der Waals surface area contributed by atoms with Gasteiger partial charge in [-0.2, -0.15) is 0 Å². The number of hydrogen-bond donors (Lipinski definition) is 3. The van der Waals surface area contributed by atoms with Gasteiger partial charge >= 0.3 is 5.97 Å². The minimum atomic E-state index is -1.25. The highest BCUT2D eigenvalue weighted by Crippen LogP contribution is 2.22. The minimum absolute atomic E-state index is 0.0972. The second-order valence-corrected chi connectivity index (χ2v) is 5.10. The molecule has 0 saturated carbocycles. The summed E-state index contributed by atoms with van der Waals surface area (Å²) in [5.41, 5.74) is 0.905. The van der Waals surface area contributed by atoms with Crippen molar-refractivity contribution in [1.29, 1.82) is 0 Å². The number of nitrogens with one attached hydrogen (secondary N) is 1. The molecular weight excluding hydrogens is 298 g/mol. The van der Waals surface area contributed by atoms with Gasteiger partial charge in [-0.25, -0.2) is 4.79 Å². The van der Waals surface area contributed by atoms with E-state index in [0.717, 1.165) is 11.6 Å². The summed E-state index contributed by atoms with van der Waals surface area (Å²) >= 11 is 0. The molecule has 0 aliphatic heterocycles. The maximum Gasteiger partial charge on any atom is 0.337 e. The Labute approximate surface area is 133 Å². The lowest BCUT2D eigenvalue weighted by Gasteiger charge is -2.16. The lowest BCUT2D eigenvalue weighted by atomic mass is 10.1. The number of benzene rings is 2. The third-order valence-electron chi connectivity index (χ3n) is 3.16. The molecule has 23 heavy (non-hydrogen) atoms. The van der Waals surface area contributed by atoms with Gasteiger partial charge in [-0.3, -0.25) is 4.79 Å². The van der Waals surface area contributed by atoms with E-state index in [9.17, 15) is 14.7 Å². The van der Waals surface area contributed by atoms with Crippen LogP contribution in [0, 0.1) is 6.92 Å². The Morgan fingerprint density at radius 1 is 1.17 bits per heavy atom. The fourth-order valence-corrected chi connectivity index (χ4v) is 2.00. The molecular formula is C17H17NO5. The topological polar surface area (TPSA) is 95.9 Å². The summed E-state index contributed by atoms with van der Waals surface area (Å²) in [6.45, 7) is 3.48. The Bertz CT molecular complexity index is 742. The quantitative estimate of drug-likeness (QED) is 0.737. The van der Waals surface area contributed by atoms with E-state index in [2.05, 4.69) is 5.32 Å². The van der Waals surface area contributed by atoms with Gasteiger partial charge in [-0.05, 0) is 49.7 Å². The number of aromatic hydroxyl groups is 1. The molecule has 6 heteroatoms. The highest BCUT2D eigenvalue weighted by atomic mass is 16.5. The summed E-state index contributed by atoms with van der Waals surface area (Å²) in [6.07, 6.45) is -0.813. The lowest BCUT2D eigenvalue weighted by molar-refractivity contribution is -0.122. The summed E-state index contributed by atoms with van der Waals surface area (Å²) in [5.74, 6) is -1.37. The smallest absolute Gasteiger partial charge is 0.337 e.